The maximum atomic E-state index is 4.17. The first-order valence-corrected chi connectivity index (χ1v) is 6.12. The van der Waals surface area contributed by atoms with Gasteiger partial charge in [-0.05, 0) is 12.3 Å². The average Bonchev–Trinajstić information content (AvgIpc) is 2.16. The van der Waals surface area contributed by atoms with Crippen molar-refractivity contribution in [2.24, 2.45) is 5.92 Å². The van der Waals surface area contributed by atoms with Crippen molar-refractivity contribution in [2.75, 3.05) is 20.1 Å². The van der Waals surface area contributed by atoms with Crippen molar-refractivity contribution < 1.29 is 0 Å². The number of nitrogens with one attached hydrogen (secondary N) is 1. The Balaban J connectivity index is 3.78. The molecule has 0 aromatic rings. The van der Waals surface area contributed by atoms with Gasteiger partial charge in [-0.2, -0.15) is 0 Å². The van der Waals surface area contributed by atoms with E-state index in [2.05, 4.69) is 51.5 Å². The molecule has 0 radical (unpaired) electrons. The van der Waals surface area contributed by atoms with Crippen molar-refractivity contribution in [3.63, 3.8) is 0 Å². The third-order valence-corrected chi connectivity index (χ3v) is 2.78. The largest absolute Gasteiger partial charge is 0.377 e. The minimum atomic E-state index is 0.569. The summed E-state index contributed by atoms with van der Waals surface area (Å²) in [5, 5.41) is 3.42. The van der Waals surface area contributed by atoms with E-state index in [9.17, 15) is 0 Å². The van der Waals surface area contributed by atoms with Crippen LogP contribution in [0.25, 0.3) is 0 Å². The molecule has 0 amide bonds. The van der Waals surface area contributed by atoms with Crippen molar-refractivity contribution in [1.29, 1.82) is 0 Å². The Morgan fingerprint density at radius 2 is 1.93 bits per heavy atom. The first kappa shape index (κ1) is 14.5. The van der Waals surface area contributed by atoms with Gasteiger partial charge in [0.1, 0.15) is 0 Å². The van der Waals surface area contributed by atoms with Gasteiger partial charge in [-0.25, -0.2) is 0 Å². The smallest absolute Gasteiger partial charge is 0.0297 e. The molecule has 15 heavy (non-hydrogen) atoms. The van der Waals surface area contributed by atoms with E-state index in [1.165, 1.54) is 18.5 Å². The summed E-state index contributed by atoms with van der Waals surface area (Å²) in [6.07, 6.45) is 2.47. The minimum Gasteiger partial charge on any atom is -0.377 e. The van der Waals surface area contributed by atoms with Crippen LogP contribution in [0.1, 0.15) is 40.5 Å². The second-order valence-electron chi connectivity index (χ2n) is 4.71. The highest BCUT2D eigenvalue weighted by Crippen LogP contribution is 2.16. The van der Waals surface area contributed by atoms with E-state index in [0.717, 1.165) is 13.1 Å². The van der Waals surface area contributed by atoms with E-state index in [0.29, 0.717) is 12.0 Å². The summed E-state index contributed by atoms with van der Waals surface area (Å²) in [5.41, 5.74) is 1.27. The monoisotopic (exact) mass is 212 g/mol. The predicted molar refractivity (Wildman–Crippen MR) is 69.0 cm³/mol. The Hall–Kier alpha value is -0.500. The van der Waals surface area contributed by atoms with E-state index < -0.39 is 0 Å². The molecular weight excluding hydrogens is 184 g/mol. The highest BCUT2D eigenvalue weighted by Gasteiger charge is 2.09. The molecule has 0 rings (SSSR count). The van der Waals surface area contributed by atoms with Crippen molar-refractivity contribution in [2.45, 2.75) is 46.6 Å². The van der Waals surface area contributed by atoms with Crippen LogP contribution in [0.5, 0.6) is 0 Å². The van der Waals surface area contributed by atoms with Gasteiger partial charge in [-0.15, -0.1) is 0 Å². The van der Waals surface area contributed by atoms with Crippen LogP contribution in [0.15, 0.2) is 12.3 Å². The van der Waals surface area contributed by atoms with Gasteiger partial charge < -0.3 is 10.2 Å². The summed E-state index contributed by atoms with van der Waals surface area (Å²) in [5.74, 6) is 0.610. The molecule has 0 aromatic heterocycles. The molecule has 0 heterocycles. The van der Waals surface area contributed by atoms with Gasteiger partial charge in [0.2, 0.25) is 0 Å². The fourth-order valence-electron chi connectivity index (χ4n) is 1.64. The van der Waals surface area contributed by atoms with E-state index in [1.807, 2.05) is 0 Å². The van der Waals surface area contributed by atoms with Gasteiger partial charge >= 0.3 is 0 Å². The van der Waals surface area contributed by atoms with Crippen LogP contribution >= 0.6 is 0 Å². The van der Waals surface area contributed by atoms with E-state index >= 15 is 0 Å². The summed E-state index contributed by atoms with van der Waals surface area (Å²) >= 11 is 0. The lowest BCUT2D eigenvalue weighted by Gasteiger charge is -2.26. The molecule has 90 valence electrons. The summed E-state index contributed by atoms with van der Waals surface area (Å²) in [4.78, 5) is 2.27. The fourth-order valence-corrected chi connectivity index (χ4v) is 1.64. The summed E-state index contributed by atoms with van der Waals surface area (Å²) < 4.78 is 0. The molecule has 0 spiro atoms. The Kier molecular flexibility index (Phi) is 7.49. The summed E-state index contributed by atoms with van der Waals surface area (Å²) in [6.45, 7) is 15.1. The third-order valence-electron chi connectivity index (χ3n) is 2.78. The van der Waals surface area contributed by atoms with Crippen LogP contribution in [0.3, 0.4) is 0 Å². The zero-order valence-corrected chi connectivity index (χ0v) is 11.1. The average molecular weight is 212 g/mol. The second-order valence-corrected chi connectivity index (χ2v) is 4.71. The maximum Gasteiger partial charge on any atom is 0.0297 e. The molecule has 0 saturated carbocycles. The summed E-state index contributed by atoms with van der Waals surface area (Å²) in [6, 6.07) is 0.569. The maximum absolute atomic E-state index is 4.17. The van der Waals surface area contributed by atoms with Gasteiger partial charge in [-0.1, -0.05) is 40.7 Å². The normalized spacial score (nSPS) is 12.9. The number of likely N-dealkylation sites (N-methyl/N-ethyl adjacent to an activating group) is 1. The minimum absolute atomic E-state index is 0.569. The van der Waals surface area contributed by atoms with Crippen molar-refractivity contribution in [3.05, 3.63) is 12.3 Å². The molecule has 0 saturated heterocycles. The fraction of sp³-hybridized carbons (Fsp3) is 0.846. The lowest BCUT2D eigenvalue weighted by Crippen LogP contribution is -2.33. The standard InChI is InChI=1S/C13H28N2/c1-7-8-12(4)13(5)15(6)10-9-14-11(2)3/h11-12,14H,5,7-10H2,1-4,6H3. The van der Waals surface area contributed by atoms with Gasteiger partial charge in [-0.3, -0.25) is 0 Å². The van der Waals surface area contributed by atoms with E-state index in [4.69, 9.17) is 0 Å². The Labute approximate surface area is 95.7 Å². The number of allylic oxidation sites excluding steroid dienone is 1. The second kappa shape index (κ2) is 7.75. The predicted octanol–water partition coefficient (Wildman–Crippen LogP) is 2.87. The Morgan fingerprint density at radius 1 is 1.33 bits per heavy atom. The number of rotatable bonds is 8. The van der Waals surface area contributed by atoms with Gasteiger partial charge in [0.05, 0.1) is 0 Å². The SMILES string of the molecule is C=C(C(C)CCC)N(C)CCNC(C)C. The molecule has 0 aliphatic heterocycles. The first-order valence-electron chi connectivity index (χ1n) is 6.12. The molecule has 1 N–H and O–H groups in total. The molecule has 0 bridgehead atoms. The molecule has 0 fully saturated rings. The Bertz CT molecular complexity index is 175. The van der Waals surface area contributed by atoms with Crippen LogP contribution in [0, 0.1) is 5.92 Å². The zero-order chi connectivity index (χ0) is 11.8. The van der Waals surface area contributed by atoms with Crippen LogP contribution in [0.4, 0.5) is 0 Å². The quantitative estimate of drug-likeness (QED) is 0.665. The van der Waals surface area contributed by atoms with Crippen LogP contribution in [-0.2, 0) is 0 Å². The van der Waals surface area contributed by atoms with Gasteiger partial charge in [0.25, 0.3) is 0 Å². The molecule has 0 aromatic carbocycles. The number of nitrogens with zero attached hydrogens (tertiary/aromatic N) is 1. The first-order chi connectivity index (χ1) is 6.99. The third kappa shape index (κ3) is 6.56. The Morgan fingerprint density at radius 3 is 2.40 bits per heavy atom. The molecule has 0 aliphatic carbocycles. The van der Waals surface area contributed by atoms with Crippen molar-refractivity contribution in [1.82, 2.24) is 10.2 Å². The molecule has 1 unspecified atom stereocenters. The van der Waals surface area contributed by atoms with Gasteiger partial charge in [0, 0.05) is 31.9 Å². The number of hydrogen-bond acceptors (Lipinski definition) is 2. The lowest BCUT2D eigenvalue weighted by atomic mass is 10.0. The van der Waals surface area contributed by atoms with Crippen LogP contribution < -0.4 is 5.32 Å². The highest BCUT2D eigenvalue weighted by atomic mass is 15.1. The number of hydrogen-bond donors (Lipinski definition) is 1. The van der Waals surface area contributed by atoms with E-state index in [-0.39, 0.29) is 0 Å². The molecular formula is C13H28N2. The molecule has 0 aliphatic rings. The van der Waals surface area contributed by atoms with Crippen LogP contribution in [-0.4, -0.2) is 31.1 Å². The highest BCUT2D eigenvalue weighted by molar-refractivity contribution is 4.97. The lowest BCUT2D eigenvalue weighted by molar-refractivity contribution is 0.349. The zero-order valence-electron chi connectivity index (χ0n) is 11.1. The topological polar surface area (TPSA) is 15.3 Å². The van der Waals surface area contributed by atoms with Gasteiger partial charge in [0.15, 0.2) is 0 Å². The van der Waals surface area contributed by atoms with E-state index in [1.54, 1.807) is 0 Å². The summed E-state index contributed by atoms with van der Waals surface area (Å²) in [7, 11) is 2.14. The molecule has 2 heteroatoms. The molecule has 2 nitrogen and oxygen atoms in total. The van der Waals surface area contributed by atoms with Crippen molar-refractivity contribution in [3.8, 4) is 0 Å². The van der Waals surface area contributed by atoms with Crippen molar-refractivity contribution >= 4 is 0 Å². The van der Waals surface area contributed by atoms with Crippen LogP contribution in [0.2, 0.25) is 0 Å². The molecule has 1 atom stereocenters.